The Hall–Kier alpha value is -1.95. The second-order valence-corrected chi connectivity index (χ2v) is 5.91. The van der Waals surface area contributed by atoms with Crippen LogP contribution in [-0.4, -0.2) is 52.3 Å². The third kappa shape index (κ3) is 2.63. The summed E-state index contributed by atoms with van der Waals surface area (Å²) in [5.74, 6) is 0.219. The number of benzene rings is 1. The Balaban J connectivity index is 1.71. The van der Waals surface area contributed by atoms with E-state index in [1.54, 1.807) is 24.3 Å². The molecule has 0 aliphatic carbocycles. The lowest BCUT2D eigenvalue weighted by Gasteiger charge is -2.37. The first-order chi connectivity index (χ1) is 10.1. The van der Waals surface area contributed by atoms with E-state index in [0.717, 1.165) is 12.0 Å². The van der Waals surface area contributed by atoms with Crippen LogP contribution >= 0.6 is 12.2 Å². The van der Waals surface area contributed by atoms with Crippen molar-refractivity contribution < 1.29 is 9.59 Å². The predicted octanol–water partition coefficient (Wildman–Crippen LogP) is 0.768. The standard InChI is InChI=1S/C15H17N3O2S/c16-14(21)10-1-3-11(4-2-10)15(20)17-7-8-18-12(9-17)5-6-13(18)19/h1-4,12H,5-9H2,(H2,16,21). The molecule has 1 unspecified atom stereocenters. The van der Waals surface area contributed by atoms with Gasteiger partial charge >= 0.3 is 0 Å². The second-order valence-electron chi connectivity index (χ2n) is 5.47. The summed E-state index contributed by atoms with van der Waals surface area (Å²) in [5, 5.41) is 0. The van der Waals surface area contributed by atoms with Crippen LogP contribution in [0.4, 0.5) is 0 Å². The monoisotopic (exact) mass is 303 g/mol. The molecule has 2 saturated heterocycles. The molecule has 21 heavy (non-hydrogen) atoms. The summed E-state index contributed by atoms with van der Waals surface area (Å²) in [6.45, 7) is 1.86. The minimum atomic E-state index is 0.00323. The van der Waals surface area contributed by atoms with Gasteiger partial charge in [0.05, 0.1) is 0 Å². The van der Waals surface area contributed by atoms with Crippen molar-refractivity contribution in [2.75, 3.05) is 19.6 Å². The van der Waals surface area contributed by atoms with Crippen molar-refractivity contribution in [2.24, 2.45) is 5.73 Å². The maximum absolute atomic E-state index is 12.5. The molecule has 1 aromatic rings. The smallest absolute Gasteiger partial charge is 0.253 e. The van der Waals surface area contributed by atoms with Gasteiger partial charge in [-0.1, -0.05) is 24.4 Å². The molecule has 0 saturated carbocycles. The summed E-state index contributed by atoms with van der Waals surface area (Å²) in [7, 11) is 0. The van der Waals surface area contributed by atoms with Crippen LogP contribution in [0.5, 0.6) is 0 Å². The van der Waals surface area contributed by atoms with E-state index in [-0.39, 0.29) is 17.9 Å². The van der Waals surface area contributed by atoms with E-state index in [2.05, 4.69) is 0 Å². The number of fused-ring (bicyclic) bond motifs is 1. The molecule has 110 valence electrons. The number of hydrogen-bond acceptors (Lipinski definition) is 3. The number of amides is 2. The third-order valence-electron chi connectivity index (χ3n) is 4.20. The van der Waals surface area contributed by atoms with E-state index in [4.69, 9.17) is 18.0 Å². The fourth-order valence-electron chi connectivity index (χ4n) is 3.01. The fraction of sp³-hybridized carbons (Fsp3) is 0.400. The van der Waals surface area contributed by atoms with Crippen LogP contribution in [0.3, 0.4) is 0 Å². The fourth-order valence-corrected chi connectivity index (χ4v) is 3.14. The zero-order valence-corrected chi connectivity index (χ0v) is 12.4. The summed E-state index contributed by atoms with van der Waals surface area (Å²) < 4.78 is 0. The topological polar surface area (TPSA) is 66.6 Å². The van der Waals surface area contributed by atoms with Crippen LogP contribution in [0.25, 0.3) is 0 Å². The summed E-state index contributed by atoms with van der Waals surface area (Å²) in [4.78, 5) is 28.2. The van der Waals surface area contributed by atoms with Crippen molar-refractivity contribution in [3.8, 4) is 0 Å². The molecule has 5 nitrogen and oxygen atoms in total. The van der Waals surface area contributed by atoms with E-state index >= 15 is 0 Å². The van der Waals surface area contributed by atoms with Gasteiger partial charge in [-0.25, -0.2) is 0 Å². The van der Waals surface area contributed by atoms with Gasteiger partial charge in [-0.3, -0.25) is 9.59 Å². The number of nitrogens with two attached hydrogens (primary N) is 1. The molecule has 2 aliphatic heterocycles. The molecule has 2 fully saturated rings. The quantitative estimate of drug-likeness (QED) is 0.820. The van der Waals surface area contributed by atoms with Gasteiger partial charge in [-0.15, -0.1) is 0 Å². The molecule has 0 bridgehead atoms. The van der Waals surface area contributed by atoms with Gasteiger partial charge in [0, 0.05) is 43.2 Å². The summed E-state index contributed by atoms with van der Waals surface area (Å²) in [5.41, 5.74) is 6.94. The molecular weight excluding hydrogens is 286 g/mol. The minimum absolute atomic E-state index is 0.00323. The maximum Gasteiger partial charge on any atom is 0.253 e. The largest absolute Gasteiger partial charge is 0.389 e. The van der Waals surface area contributed by atoms with E-state index in [9.17, 15) is 9.59 Å². The Morgan fingerprint density at radius 1 is 1.19 bits per heavy atom. The van der Waals surface area contributed by atoms with Crippen molar-refractivity contribution in [3.05, 3.63) is 35.4 Å². The molecule has 0 radical (unpaired) electrons. The first kappa shape index (κ1) is 14.0. The maximum atomic E-state index is 12.5. The number of carbonyl (C=O) groups excluding carboxylic acids is 2. The molecular formula is C15H17N3O2S. The van der Waals surface area contributed by atoms with E-state index in [0.29, 0.717) is 36.6 Å². The summed E-state index contributed by atoms with van der Waals surface area (Å²) >= 11 is 4.90. The molecule has 2 aliphatic rings. The molecule has 2 N–H and O–H groups in total. The minimum Gasteiger partial charge on any atom is -0.389 e. The Labute approximate surface area is 128 Å². The molecule has 6 heteroatoms. The Kier molecular flexibility index (Phi) is 3.63. The molecule has 1 aromatic carbocycles. The zero-order chi connectivity index (χ0) is 15.0. The van der Waals surface area contributed by atoms with Gasteiger partial charge in [0.2, 0.25) is 5.91 Å². The summed E-state index contributed by atoms with van der Waals surface area (Å²) in [6.07, 6.45) is 1.46. The Bertz CT molecular complexity index is 599. The van der Waals surface area contributed by atoms with Gasteiger partial charge in [-0.05, 0) is 18.6 Å². The zero-order valence-electron chi connectivity index (χ0n) is 11.6. The normalized spacial score (nSPS) is 21.3. The average Bonchev–Trinajstić information content (AvgIpc) is 2.87. The lowest BCUT2D eigenvalue weighted by Crippen LogP contribution is -2.53. The van der Waals surface area contributed by atoms with E-state index in [1.807, 2.05) is 9.80 Å². The average molecular weight is 303 g/mol. The van der Waals surface area contributed by atoms with Crippen molar-refractivity contribution in [2.45, 2.75) is 18.9 Å². The molecule has 2 heterocycles. The number of carbonyl (C=O) groups is 2. The van der Waals surface area contributed by atoms with Crippen LogP contribution < -0.4 is 5.73 Å². The summed E-state index contributed by atoms with van der Waals surface area (Å²) in [6, 6.07) is 7.23. The highest BCUT2D eigenvalue weighted by Gasteiger charge is 2.36. The number of thiocarbonyl (C=S) groups is 1. The SMILES string of the molecule is NC(=S)c1ccc(C(=O)N2CCN3C(=O)CCC3C2)cc1. The van der Waals surface area contributed by atoms with Gasteiger partial charge in [0.15, 0.2) is 0 Å². The molecule has 0 aromatic heterocycles. The predicted molar refractivity (Wildman–Crippen MR) is 83.0 cm³/mol. The van der Waals surface area contributed by atoms with Gasteiger partial charge < -0.3 is 15.5 Å². The Morgan fingerprint density at radius 3 is 2.52 bits per heavy atom. The lowest BCUT2D eigenvalue weighted by atomic mass is 10.1. The molecule has 3 rings (SSSR count). The van der Waals surface area contributed by atoms with Gasteiger partial charge in [0.25, 0.3) is 5.91 Å². The molecule has 1 atom stereocenters. The van der Waals surface area contributed by atoms with Crippen LogP contribution in [0.1, 0.15) is 28.8 Å². The lowest BCUT2D eigenvalue weighted by molar-refractivity contribution is -0.130. The number of nitrogens with zero attached hydrogens (tertiary/aromatic N) is 2. The molecule has 2 amide bonds. The molecule has 0 spiro atoms. The van der Waals surface area contributed by atoms with Crippen molar-refractivity contribution >= 4 is 29.0 Å². The second kappa shape index (κ2) is 5.44. The first-order valence-corrected chi connectivity index (χ1v) is 7.45. The third-order valence-corrected chi connectivity index (χ3v) is 4.43. The van der Waals surface area contributed by atoms with Crippen LogP contribution in [0.2, 0.25) is 0 Å². The van der Waals surface area contributed by atoms with Gasteiger partial charge in [0.1, 0.15) is 4.99 Å². The first-order valence-electron chi connectivity index (χ1n) is 7.05. The number of piperazine rings is 1. The highest BCUT2D eigenvalue weighted by Crippen LogP contribution is 2.23. The van der Waals surface area contributed by atoms with Crippen molar-refractivity contribution in [1.82, 2.24) is 9.80 Å². The van der Waals surface area contributed by atoms with Crippen LogP contribution in [0.15, 0.2) is 24.3 Å². The van der Waals surface area contributed by atoms with Crippen molar-refractivity contribution in [3.63, 3.8) is 0 Å². The van der Waals surface area contributed by atoms with Gasteiger partial charge in [-0.2, -0.15) is 0 Å². The highest BCUT2D eigenvalue weighted by molar-refractivity contribution is 7.80. The van der Waals surface area contributed by atoms with E-state index < -0.39 is 0 Å². The number of rotatable bonds is 2. The Morgan fingerprint density at radius 2 is 1.86 bits per heavy atom. The van der Waals surface area contributed by atoms with E-state index in [1.165, 1.54) is 0 Å². The highest BCUT2D eigenvalue weighted by atomic mass is 32.1. The number of hydrogen-bond donors (Lipinski definition) is 1. The van der Waals surface area contributed by atoms with Crippen molar-refractivity contribution in [1.29, 1.82) is 0 Å². The van der Waals surface area contributed by atoms with Crippen LogP contribution in [-0.2, 0) is 4.79 Å². The van der Waals surface area contributed by atoms with Crippen LogP contribution in [0, 0.1) is 0 Å².